The van der Waals surface area contributed by atoms with E-state index in [1.807, 2.05) is 24.3 Å². The van der Waals surface area contributed by atoms with E-state index in [9.17, 15) is 0 Å². The van der Waals surface area contributed by atoms with Gasteiger partial charge in [0.25, 0.3) is 0 Å². The molecule has 0 atom stereocenters. The summed E-state index contributed by atoms with van der Waals surface area (Å²) in [6.07, 6.45) is 0. The van der Waals surface area contributed by atoms with Gasteiger partial charge in [0.05, 0.1) is 7.11 Å². The Balaban J connectivity index is 2.12. The maximum absolute atomic E-state index is 5.91. The maximum Gasteiger partial charge on any atom is 0.163 e. The summed E-state index contributed by atoms with van der Waals surface area (Å²) in [5, 5.41) is 0.690. The Bertz CT molecular complexity index is 543. The van der Waals surface area contributed by atoms with Crippen molar-refractivity contribution in [1.82, 2.24) is 0 Å². The van der Waals surface area contributed by atoms with Gasteiger partial charge in [-0.05, 0) is 29.8 Å². The van der Waals surface area contributed by atoms with Crippen LogP contribution in [0.15, 0.2) is 42.5 Å². The second-order valence-corrected chi connectivity index (χ2v) is 4.27. The van der Waals surface area contributed by atoms with Gasteiger partial charge in [-0.15, -0.1) is 0 Å². The molecule has 0 saturated carbocycles. The van der Waals surface area contributed by atoms with Crippen LogP contribution in [0.25, 0.3) is 0 Å². The second-order valence-electron chi connectivity index (χ2n) is 3.83. The number of ether oxygens (including phenoxy) is 2. The molecule has 0 aliphatic rings. The van der Waals surface area contributed by atoms with E-state index < -0.39 is 0 Å². The zero-order valence-electron chi connectivity index (χ0n) is 10.0. The van der Waals surface area contributed by atoms with Crippen LogP contribution >= 0.6 is 11.6 Å². The lowest BCUT2D eigenvalue weighted by molar-refractivity contribution is 0.285. The van der Waals surface area contributed by atoms with Gasteiger partial charge >= 0.3 is 0 Å². The van der Waals surface area contributed by atoms with Crippen LogP contribution in [0.5, 0.6) is 11.5 Å². The van der Waals surface area contributed by atoms with Crippen molar-refractivity contribution in [1.29, 1.82) is 0 Å². The molecular formula is C14H14ClNO2. The minimum atomic E-state index is 0.417. The molecule has 0 aliphatic heterocycles. The van der Waals surface area contributed by atoms with E-state index in [0.29, 0.717) is 28.8 Å². The highest BCUT2D eigenvalue weighted by Crippen LogP contribution is 2.29. The third-order valence-corrected chi connectivity index (χ3v) is 2.71. The zero-order chi connectivity index (χ0) is 13.0. The number of halogens is 1. The van der Waals surface area contributed by atoms with Gasteiger partial charge in [0, 0.05) is 16.8 Å². The van der Waals surface area contributed by atoms with Gasteiger partial charge in [-0.3, -0.25) is 0 Å². The fraction of sp³-hybridized carbons (Fsp3) is 0.143. The molecule has 94 valence electrons. The highest BCUT2D eigenvalue weighted by atomic mass is 35.5. The van der Waals surface area contributed by atoms with Crippen LogP contribution in [0.3, 0.4) is 0 Å². The molecule has 2 aromatic carbocycles. The van der Waals surface area contributed by atoms with E-state index >= 15 is 0 Å². The van der Waals surface area contributed by atoms with E-state index in [1.165, 1.54) is 0 Å². The van der Waals surface area contributed by atoms with Crippen molar-refractivity contribution in [3.8, 4) is 11.5 Å². The van der Waals surface area contributed by atoms with Gasteiger partial charge < -0.3 is 15.2 Å². The van der Waals surface area contributed by atoms with E-state index in [-0.39, 0.29) is 0 Å². The standard InChI is InChI=1S/C14H14ClNO2/c1-17-13-6-5-12(16)8-14(13)18-9-10-3-2-4-11(15)7-10/h2-8H,9,16H2,1H3. The minimum absolute atomic E-state index is 0.417. The molecule has 0 aliphatic carbocycles. The predicted molar refractivity (Wildman–Crippen MR) is 73.2 cm³/mol. The fourth-order valence-corrected chi connectivity index (χ4v) is 1.81. The molecule has 0 amide bonds. The number of nitrogen functional groups attached to an aromatic ring is 1. The Morgan fingerprint density at radius 2 is 1.94 bits per heavy atom. The van der Waals surface area contributed by atoms with Crippen molar-refractivity contribution in [2.75, 3.05) is 12.8 Å². The summed E-state index contributed by atoms with van der Waals surface area (Å²) in [6, 6.07) is 12.8. The highest BCUT2D eigenvalue weighted by molar-refractivity contribution is 6.30. The van der Waals surface area contributed by atoms with Crippen molar-refractivity contribution in [3.63, 3.8) is 0 Å². The zero-order valence-corrected chi connectivity index (χ0v) is 10.8. The smallest absolute Gasteiger partial charge is 0.163 e. The molecule has 0 unspecified atom stereocenters. The van der Waals surface area contributed by atoms with Gasteiger partial charge in [0.15, 0.2) is 11.5 Å². The molecule has 0 heterocycles. The molecule has 0 aromatic heterocycles. The van der Waals surface area contributed by atoms with Crippen molar-refractivity contribution in [3.05, 3.63) is 53.1 Å². The largest absolute Gasteiger partial charge is 0.493 e. The van der Waals surface area contributed by atoms with Gasteiger partial charge in [-0.1, -0.05) is 23.7 Å². The fourth-order valence-electron chi connectivity index (χ4n) is 1.59. The first-order chi connectivity index (χ1) is 8.69. The van der Waals surface area contributed by atoms with Gasteiger partial charge in [-0.25, -0.2) is 0 Å². The minimum Gasteiger partial charge on any atom is -0.493 e. The maximum atomic E-state index is 5.91. The molecule has 0 spiro atoms. The van der Waals surface area contributed by atoms with Crippen LogP contribution in [-0.4, -0.2) is 7.11 Å². The van der Waals surface area contributed by atoms with Gasteiger partial charge in [0.1, 0.15) is 6.61 Å². The summed E-state index contributed by atoms with van der Waals surface area (Å²) in [4.78, 5) is 0. The molecular weight excluding hydrogens is 250 g/mol. The quantitative estimate of drug-likeness (QED) is 0.859. The number of hydrogen-bond donors (Lipinski definition) is 1. The summed E-state index contributed by atoms with van der Waals surface area (Å²) in [7, 11) is 1.60. The molecule has 0 fully saturated rings. The van der Waals surface area contributed by atoms with Crippen LogP contribution in [-0.2, 0) is 6.61 Å². The summed E-state index contributed by atoms with van der Waals surface area (Å²) in [5.74, 6) is 1.28. The number of nitrogens with two attached hydrogens (primary N) is 1. The van der Waals surface area contributed by atoms with Crippen LogP contribution in [0, 0.1) is 0 Å². The molecule has 4 heteroatoms. The molecule has 3 nitrogen and oxygen atoms in total. The topological polar surface area (TPSA) is 44.5 Å². The summed E-state index contributed by atoms with van der Waals surface area (Å²) in [5.41, 5.74) is 7.35. The average Bonchev–Trinajstić information content (AvgIpc) is 2.37. The number of benzene rings is 2. The normalized spacial score (nSPS) is 10.1. The monoisotopic (exact) mass is 263 g/mol. The van der Waals surface area contributed by atoms with E-state index in [4.69, 9.17) is 26.8 Å². The first-order valence-corrected chi connectivity index (χ1v) is 5.87. The van der Waals surface area contributed by atoms with E-state index in [1.54, 1.807) is 25.3 Å². The third kappa shape index (κ3) is 3.08. The van der Waals surface area contributed by atoms with Crippen molar-refractivity contribution in [2.45, 2.75) is 6.61 Å². The van der Waals surface area contributed by atoms with Crippen molar-refractivity contribution >= 4 is 17.3 Å². The Morgan fingerprint density at radius 1 is 1.11 bits per heavy atom. The predicted octanol–water partition coefficient (Wildman–Crippen LogP) is 3.51. The summed E-state index contributed by atoms with van der Waals surface area (Å²) < 4.78 is 10.9. The number of hydrogen-bond acceptors (Lipinski definition) is 3. The molecule has 2 aromatic rings. The third-order valence-electron chi connectivity index (χ3n) is 2.47. The van der Waals surface area contributed by atoms with Crippen LogP contribution in [0.4, 0.5) is 5.69 Å². The Labute approximate surface area is 111 Å². The molecule has 0 bridgehead atoms. The van der Waals surface area contributed by atoms with Crippen LogP contribution < -0.4 is 15.2 Å². The average molecular weight is 264 g/mol. The first kappa shape index (κ1) is 12.6. The first-order valence-electron chi connectivity index (χ1n) is 5.50. The Kier molecular flexibility index (Phi) is 3.95. The van der Waals surface area contributed by atoms with E-state index in [2.05, 4.69) is 0 Å². The van der Waals surface area contributed by atoms with Crippen LogP contribution in [0.2, 0.25) is 5.02 Å². The Hall–Kier alpha value is -1.87. The lowest BCUT2D eigenvalue weighted by atomic mass is 10.2. The van der Waals surface area contributed by atoms with Gasteiger partial charge in [-0.2, -0.15) is 0 Å². The molecule has 0 saturated heterocycles. The van der Waals surface area contributed by atoms with E-state index in [0.717, 1.165) is 5.56 Å². The molecule has 2 rings (SSSR count). The Morgan fingerprint density at radius 3 is 2.67 bits per heavy atom. The van der Waals surface area contributed by atoms with Gasteiger partial charge in [0.2, 0.25) is 0 Å². The molecule has 18 heavy (non-hydrogen) atoms. The van der Waals surface area contributed by atoms with Crippen LogP contribution in [0.1, 0.15) is 5.56 Å². The summed E-state index contributed by atoms with van der Waals surface area (Å²) >= 11 is 5.91. The SMILES string of the molecule is COc1ccc(N)cc1OCc1cccc(Cl)c1. The lowest BCUT2D eigenvalue weighted by Crippen LogP contribution is -1.98. The number of rotatable bonds is 4. The highest BCUT2D eigenvalue weighted by Gasteiger charge is 2.05. The van der Waals surface area contributed by atoms with Crippen molar-refractivity contribution < 1.29 is 9.47 Å². The van der Waals surface area contributed by atoms with Crippen molar-refractivity contribution in [2.24, 2.45) is 0 Å². The number of anilines is 1. The second kappa shape index (κ2) is 5.65. The molecule has 0 radical (unpaired) electrons. The number of methoxy groups -OCH3 is 1. The summed E-state index contributed by atoms with van der Waals surface area (Å²) in [6.45, 7) is 0.417. The molecule has 2 N–H and O–H groups in total. The lowest BCUT2D eigenvalue weighted by Gasteiger charge is -2.11.